The zero-order chi connectivity index (χ0) is 17.0. The van der Waals surface area contributed by atoms with Crippen LogP contribution in [0.5, 0.6) is 0 Å². The van der Waals surface area contributed by atoms with Gasteiger partial charge >= 0.3 is 6.03 Å². The molecule has 2 unspecified atom stereocenters. The number of imide groups is 1. The third-order valence-electron chi connectivity index (χ3n) is 5.63. The zero-order valence-corrected chi connectivity index (χ0v) is 14.2. The quantitative estimate of drug-likeness (QED) is 0.597. The molecule has 23 heavy (non-hydrogen) atoms. The van der Waals surface area contributed by atoms with Crippen LogP contribution in [-0.4, -0.2) is 41.4 Å². The highest BCUT2D eigenvalue weighted by molar-refractivity contribution is 6.07. The van der Waals surface area contributed by atoms with Gasteiger partial charge in [0.05, 0.1) is 5.92 Å². The van der Waals surface area contributed by atoms with Gasteiger partial charge < -0.3 is 10.2 Å². The Labute approximate surface area is 136 Å². The predicted molar refractivity (Wildman–Crippen MR) is 85.4 cm³/mol. The average molecular weight is 319 g/mol. The minimum absolute atomic E-state index is 0.00242. The third kappa shape index (κ3) is 2.54. The molecule has 0 aromatic carbocycles. The summed E-state index contributed by atoms with van der Waals surface area (Å²) in [6, 6.07) is -0.429. The van der Waals surface area contributed by atoms with E-state index < -0.39 is 11.6 Å². The van der Waals surface area contributed by atoms with E-state index in [-0.39, 0.29) is 23.1 Å². The molecule has 126 valence electrons. The summed E-state index contributed by atoms with van der Waals surface area (Å²) in [4.78, 5) is 38.0. The Morgan fingerprint density at radius 3 is 2.30 bits per heavy atom. The standard InChI is InChI=1S/C17H25N3O3/c1-10(2)9-11-12(16(11,3)4)13(21)20-7-5-17(6-8-20)14(22)18-15(23)19-17/h9,11-12H,5-8H2,1-4H3,(H2,18,19,22,23). The molecular formula is C17H25N3O3. The summed E-state index contributed by atoms with van der Waals surface area (Å²) in [5.41, 5.74) is 0.426. The Balaban J connectivity index is 1.65. The fraction of sp³-hybridized carbons (Fsp3) is 0.706. The predicted octanol–water partition coefficient (Wildman–Crippen LogP) is 1.43. The molecule has 2 atom stereocenters. The van der Waals surface area contributed by atoms with Gasteiger partial charge in [-0.15, -0.1) is 0 Å². The first-order valence-corrected chi connectivity index (χ1v) is 8.25. The molecule has 2 N–H and O–H groups in total. The van der Waals surface area contributed by atoms with E-state index in [1.807, 2.05) is 4.90 Å². The van der Waals surface area contributed by atoms with Crippen LogP contribution in [0.15, 0.2) is 11.6 Å². The molecule has 0 bridgehead atoms. The first-order valence-electron chi connectivity index (χ1n) is 8.25. The number of urea groups is 1. The fourth-order valence-corrected chi connectivity index (χ4v) is 4.01. The molecule has 1 aliphatic carbocycles. The molecule has 0 aromatic rings. The van der Waals surface area contributed by atoms with Crippen LogP contribution in [0.25, 0.3) is 0 Å². The van der Waals surface area contributed by atoms with Crippen LogP contribution >= 0.6 is 0 Å². The van der Waals surface area contributed by atoms with Gasteiger partial charge in [-0.3, -0.25) is 14.9 Å². The van der Waals surface area contributed by atoms with Crippen LogP contribution < -0.4 is 10.6 Å². The van der Waals surface area contributed by atoms with Gasteiger partial charge in [0.2, 0.25) is 5.91 Å². The number of nitrogens with one attached hydrogen (secondary N) is 2. The lowest BCUT2D eigenvalue weighted by Crippen LogP contribution is -2.56. The summed E-state index contributed by atoms with van der Waals surface area (Å²) in [5, 5.41) is 5.03. The number of carbonyl (C=O) groups is 3. The van der Waals surface area contributed by atoms with Crippen LogP contribution in [0.3, 0.4) is 0 Å². The number of hydrogen-bond acceptors (Lipinski definition) is 3. The minimum Gasteiger partial charge on any atom is -0.342 e. The molecule has 0 aromatic heterocycles. The molecule has 6 heteroatoms. The van der Waals surface area contributed by atoms with Gasteiger partial charge in [0.25, 0.3) is 5.91 Å². The van der Waals surface area contributed by atoms with E-state index in [0.717, 1.165) is 0 Å². The van der Waals surface area contributed by atoms with Crippen molar-refractivity contribution >= 4 is 17.8 Å². The van der Waals surface area contributed by atoms with Crippen molar-refractivity contribution in [2.45, 2.75) is 46.1 Å². The maximum Gasteiger partial charge on any atom is 0.322 e. The summed E-state index contributed by atoms with van der Waals surface area (Å²) >= 11 is 0. The van der Waals surface area contributed by atoms with Crippen molar-refractivity contribution in [1.29, 1.82) is 0 Å². The molecule has 6 nitrogen and oxygen atoms in total. The minimum atomic E-state index is -0.813. The van der Waals surface area contributed by atoms with Gasteiger partial charge in [-0.2, -0.15) is 0 Å². The van der Waals surface area contributed by atoms with Crippen molar-refractivity contribution in [3.05, 3.63) is 11.6 Å². The number of nitrogens with zero attached hydrogens (tertiary/aromatic N) is 1. The Morgan fingerprint density at radius 2 is 1.83 bits per heavy atom. The Morgan fingerprint density at radius 1 is 1.22 bits per heavy atom. The van der Waals surface area contributed by atoms with Crippen molar-refractivity contribution in [3.8, 4) is 0 Å². The van der Waals surface area contributed by atoms with E-state index in [1.54, 1.807) is 0 Å². The number of piperidine rings is 1. The number of amides is 4. The Kier molecular flexibility index (Phi) is 3.54. The maximum absolute atomic E-state index is 12.8. The smallest absolute Gasteiger partial charge is 0.322 e. The summed E-state index contributed by atoms with van der Waals surface area (Å²) < 4.78 is 0. The van der Waals surface area contributed by atoms with Crippen LogP contribution in [0.4, 0.5) is 4.79 Å². The molecule has 3 fully saturated rings. The highest BCUT2D eigenvalue weighted by Crippen LogP contribution is 2.60. The summed E-state index contributed by atoms with van der Waals surface area (Å²) in [6.07, 6.45) is 3.16. The molecule has 1 spiro atoms. The zero-order valence-electron chi connectivity index (χ0n) is 14.2. The summed E-state index contributed by atoms with van der Waals surface area (Å²) in [6.45, 7) is 9.41. The van der Waals surface area contributed by atoms with Crippen LogP contribution in [0, 0.1) is 17.3 Å². The highest BCUT2D eigenvalue weighted by atomic mass is 16.2. The first-order chi connectivity index (χ1) is 10.7. The second-order valence-electron chi connectivity index (χ2n) is 7.88. The van der Waals surface area contributed by atoms with Crippen LogP contribution in [0.2, 0.25) is 0 Å². The number of rotatable bonds is 2. The average Bonchev–Trinajstić information content (AvgIpc) is 2.85. The summed E-state index contributed by atoms with van der Waals surface area (Å²) in [7, 11) is 0. The largest absolute Gasteiger partial charge is 0.342 e. The van der Waals surface area contributed by atoms with E-state index in [0.29, 0.717) is 31.8 Å². The molecule has 4 amide bonds. The number of likely N-dealkylation sites (tertiary alicyclic amines) is 1. The molecule has 0 radical (unpaired) electrons. The molecule has 2 saturated heterocycles. The van der Waals surface area contributed by atoms with Gasteiger partial charge in [-0.05, 0) is 38.0 Å². The van der Waals surface area contributed by atoms with Gasteiger partial charge in [0, 0.05) is 13.1 Å². The van der Waals surface area contributed by atoms with Crippen molar-refractivity contribution in [1.82, 2.24) is 15.5 Å². The molecule has 3 rings (SSSR count). The van der Waals surface area contributed by atoms with Crippen molar-refractivity contribution in [2.24, 2.45) is 17.3 Å². The molecule has 1 saturated carbocycles. The summed E-state index contributed by atoms with van der Waals surface area (Å²) in [5.74, 6) is 0.240. The van der Waals surface area contributed by atoms with Crippen molar-refractivity contribution in [2.75, 3.05) is 13.1 Å². The SMILES string of the molecule is CC(C)=CC1C(C(=O)N2CCC3(CC2)NC(=O)NC3=O)C1(C)C. The van der Waals surface area contributed by atoms with Crippen LogP contribution in [-0.2, 0) is 9.59 Å². The van der Waals surface area contributed by atoms with Gasteiger partial charge in [-0.1, -0.05) is 25.5 Å². The Bertz CT molecular complexity index is 596. The molecule has 3 aliphatic rings. The highest BCUT2D eigenvalue weighted by Gasteiger charge is 2.61. The van der Waals surface area contributed by atoms with E-state index in [1.165, 1.54) is 5.57 Å². The fourth-order valence-electron chi connectivity index (χ4n) is 4.01. The lowest BCUT2D eigenvalue weighted by Gasteiger charge is -2.37. The van der Waals surface area contributed by atoms with E-state index in [4.69, 9.17) is 0 Å². The van der Waals surface area contributed by atoms with Crippen molar-refractivity contribution in [3.63, 3.8) is 0 Å². The topological polar surface area (TPSA) is 78.5 Å². The first kappa shape index (κ1) is 16.0. The van der Waals surface area contributed by atoms with Gasteiger partial charge in [-0.25, -0.2) is 4.79 Å². The Hall–Kier alpha value is -1.85. The number of carbonyl (C=O) groups excluding carboxylic acids is 3. The second-order valence-corrected chi connectivity index (χ2v) is 7.88. The monoisotopic (exact) mass is 319 g/mol. The second kappa shape index (κ2) is 5.08. The van der Waals surface area contributed by atoms with E-state index in [9.17, 15) is 14.4 Å². The maximum atomic E-state index is 12.8. The van der Waals surface area contributed by atoms with E-state index >= 15 is 0 Å². The molecule has 2 aliphatic heterocycles. The number of allylic oxidation sites excluding steroid dienone is 2. The molecular weight excluding hydrogens is 294 g/mol. The van der Waals surface area contributed by atoms with E-state index in [2.05, 4.69) is 44.4 Å². The van der Waals surface area contributed by atoms with Crippen molar-refractivity contribution < 1.29 is 14.4 Å². The van der Waals surface area contributed by atoms with Gasteiger partial charge in [0.1, 0.15) is 5.54 Å². The number of hydrogen-bond donors (Lipinski definition) is 2. The van der Waals surface area contributed by atoms with Crippen LogP contribution in [0.1, 0.15) is 40.5 Å². The lowest BCUT2D eigenvalue weighted by molar-refractivity contribution is -0.137. The lowest BCUT2D eigenvalue weighted by atomic mass is 9.87. The molecule has 2 heterocycles. The third-order valence-corrected chi connectivity index (χ3v) is 5.63. The van der Waals surface area contributed by atoms with Gasteiger partial charge in [0.15, 0.2) is 0 Å². The normalized spacial score (nSPS) is 30.7.